The molecule has 1 aromatic rings. The number of fused-ring (bicyclic) bond motifs is 1. The van der Waals surface area contributed by atoms with Gasteiger partial charge in [0, 0.05) is 26.6 Å². The standard InChI is InChI=1S/C12H19N3/c1-9-8-13-7-6-10-4-5-11(15(2)3)14-12(9)10/h4-5,9,13H,6-8H2,1-3H3. The Hall–Kier alpha value is -1.09. The van der Waals surface area contributed by atoms with Crippen molar-refractivity contribution in [3.8, 4) is 0 Å². The molecule has 0 fully saturated rings. The highest BCUT2D eigenvalue weighted by molar-refractivity contribution is 5.41. The quantitative estimate of drug-likeness (QED) is 0.751. The maximum Gasteiger partial charge on any atom is 0.128 e. The van der Waals surface area contributed by atoms with Crippen LogP contribution in [-0.2, 0) is 6.42 Å². The lowest BCUT2D eigenvalue weighted by Gasteiger charge is -2.16. The third-order valence-electron chi connectivity index (χ3n) is 2.94. The molecule has 0 aliphatic carbocycles. The van der Waals surface area contributed by atoms with Crippen molar-refractivity contribution in [3.63, 3.8) is 0 Å². The van der Waals surface area contributed by atoms with Gasteiger partial charge in [0.1, 0.15) is 5.82 Å². The molecule has 0 amide bonds. The molecule has 15 heavy (non-hydrogen) atoms. The predicted molar refractivity (Wildman–Crippen MR) is 63.6 cm³/mol. The summed E-state index contributed by atoms with van der Waals surface area (Å²) in [5, 5.41) is 3.44. The molecule has 2 rings (SSSR count). The summed E-state index contributed by atoms with van der Waals surface area (Å²) in [4.78, 5) is 6.80. The van der Waals surface area contributed by atoms with Gasteiger partial charge < -0.3 is 10.2 Å². The summed E-state index contributed by atoms with van der Waals surface area (Å²) in [5.74, 6) is 1.57. The first-order valence-electron chi connectivity index (χ1n) is 5.56. The molecule has 1 atom stereocenters. The predicted octanol–water partition coefficient (Wildman–Crippen LogP) is 1.40. The molecule has 1 N–H and O–H groups in total. The highest BCUT2D eigenvalue weighted by Crippen LogP contribution is 2.22. The molecule has 0 radical (unpaired) electrons. The third-order valence-corrected chi connectivity index (χ3v) is 2.94. The van der Waals surface area contributed by atoms with Crippen LogP contribution >= 0.6 is 0 Å². The number of pyridine rings is 1. The van der Waals surface area contributed by atoms with E-state index in [4.69, 9.17) is 4.98 Å². The molecule has 1 aliphatic heterocycles. The Kier molecular flexibility index (Phi) is 2.91. The molecule has 2 heterocycles. The van der Waals surface area contributed by atoms with E-state index in [0.29, 0.717) is 5.92 Å². The maximum absolute atomic E-state index is 4.74. The lowest BCUT2D eigenvalue weighted by atomic mass is 10.0. The minimum Gasteiger partial charge on any atom is -0.363 e. The molecule has 0 saturated carbocycles. The Balaban J connectivity index is 2.39. The Morgan fingerprint density at radius 2 is 2.20 bits per heavy atom. The summed E-state index contributed by atoms with van der Waals surface area (Å²) >= 11 is 0. The van der Waals surface area contributed by atoms with Gasteiger partial charge in [-0.15, -0.1) is 0 Å². The summed E-state index contributed by atoms with van der Waals surface area (Å²) in [6.07, 6.45) is 1.10. The van der Waals surface area contributed by atoms with E-state index in [2.05, 4.69) is 29.3 Å². The summed E-state index contributed by atoms with van der Waals surface area (Å²) in [6.45, 7) is 4.35. The number of hydrogen-bond donors (Lipinski definition) is 1. The van der Waals surface area contributed by atoms with Crippen molar-refractivity contribution in [2.75, 3.05) is 32.1 Å². The van der Waals surface area contributed by atoms with E-state index in [9.17, 15) is 0 Å². The minimum atomic E-state index is 0.516. The molecule has 1 aliphatic rings. The third kappa shape index (κ3) is 2.12. The zero-order valence-electron chi connectivity index (χ0n) is 9.75. The Bertz CT molecular complexity index is 347. The fourth-order valence-corrected chi connectivity index (χ4v) is 2.02. The van der Waals surface area contributed by atoms with Crippen molar-refractivity contribution in [1.82, 2.24) is 10.3 Å². The zero-order valence-corrected chi connectivity index (χ0v) is 9.75. The Morgan fingerprint density at radius 1 is 1.40 bits per heavy atom. The van der Waals surface area contributed by atoms with Gasteiger partial charge in [0.05, 0.1) is 5.69 Å². The van der Waals surface area contributed by atoms with Gasteiger partial charge in [0.15, 0.2) is 0 Å². The lowest BCUT2D eigenvalue weighted by molar-refractivity contribution is 0.636. The number of aromatic nitrogens is 1. The van der Waals surface area contributed by atoms with Crippen LogP contribution in [0.4, 0.5) is 5.82 Å². The Labute approximate surface area is 91.5 Å². The molecule has 0 spiro atoms. The topological polar surface area (TPSA) is 28.2 Å². The minimum absolute atomic E-state index is 0.516. The van der Waals surface area contributed by atoms with Gasteiger partial charge in [-0.25, -0.2) is 4.98 Å². The second kappa shape index (κ2) is 4.19. The number of hydrogen-bond acceptors (Lipinski definition) is 3. The van der Waals surface area contributed by atoms with Gasteiger partial charge in [-0.1, -0.05) is 13.0 Å². The van der Waals surface area contributed by atoms with Crippen molar-refractivity contribution < 1.29 is 0 Å². The molecule has 3 nitrogen and oxygen atoms in total. The van der Waals surface area contributed by atoms with Gasteiger partial charge in [0.2, 0.25) is 0 Å². The van der Waals surface area contributed by atoms with Crippen molar-refractivity contribution >= 4 is 5.82 Å². The molecule has 0 bridgehead atoms. The van der Waals surface area contributed by atoms with E-state index in [0.717, 1.165) is 25.3 Å². The normalized spacial score (nSPS) is 20.6. The van der Waals surface area contributed by atoms with Crippen molar-refractivity contribution in [2.45, 2.75) is 19.3 Å². The number of rotatable bonds is 1. The van der Waals surface area contributed by atoms with E-state index < -0.39 is 0 Å². The fraction of sp³-hybridized carbons (Fsp3) is 0.583. The van der Waals surface area contributed by atoms with Crippen LogP contribution in [0.15, 0.2) is 12.1 Å². The first-order valence-corrected chi connectivity index (χ1v) is 5.56. The first-order chi connectivity index (χ1) is 7.18. The summed E-state index contributed by atoms with van der Waals surface area (Å²) in [6, 6.07) is 4.33. The van der Waals surface area contributed by atoms with E-state index in [1.54, 1.807) is 0 Å². The van der Waals surface area contributed by atoms with Gasteiger partial charge >= 0.3 is 0 Å². The molecule has 1 unspecified atom stereocenters. The second-order valence-corrected chi connectivity index (χ2v) is 4.46. The van der Waals surface area contributed by atoms with Crippen LogP contribution in [0.1, 0.15) is 24.1 Å². The average Bonchev–Trinajstić information content (AvgIpc) is 2.40. The van der Waals surface area contributed by atoms with Crippen LogP contribution in [0, 0.1) is 0 Å². The van der Waals surface area contributed by atoms with Crippen LogP contribution < -0.4 is 10.2 Å². The summed E-state index contributed by atoms with van der Waals surface area (Å²) in [7, 11) is 4.07. The van der Waals surface area contributed by atoms with Crippen molar-refractivity contribution in [2.24, 2.45) is 0 Å². The van der Waals surface area contributed by atoms with Crippen LogP contribution in [0.2, 0.25) is 0 Å². The molecule has 0 aromatic carbocycles. The largest absolute Gasteiger partial charge is 0.363 e. The van der Waals surface area contributed by atoms with Crippen LogP contribution in [0.5, 0.6) is 0 Å². The molecule has 82 valence electrons. The fourth-order valence-electron chi connectivity index (χ4n) is 2.02. The monoisotopic (exact) mass is 205 g/mol. The maximum atomic E-state index is 4.74. The lowest BCUT2D eigenvalue weighted by Crippen LogP contribution is -2.19. The van der Waals surface area contributed by atoms with E-state index >= 15 is 0 Å². The van der Waals surface area contributed by atoms with Crippen molar-refractivity contribution in [3.05, 3.63) is 23.4 Å². The first kappa shape index (κ1) is 10.4. The molecule has 1 aromatic heterocycles. The van der Waals surface area contributed by atoms with Gasteiger partial charge in [-0.3, -0.25) is 0 Å². The molecule has 3 heteroatoms. The van der Waals surface area contributed by atoms with E-state index in [1.165, 1.54) is 11.3 Å². The van der Waals surface area contributed by atoms with Gasteiger partial charge in [0.25, 0.3) is 0 Å². The Morgan fingerprint density at radius 3 is 2.93 bits per heavy atom. The smallest absolute Gasteiger partial charge is 0.128 e. The van der Waals surface area contributed by atoms with Crippen LogP contribution in [-0.4, -0.2) is 32.2 Å². The molecular formula is C12H19N3. The molecule has 0 saturated heterocycles. The summed E-state index contributed by atoms with van der Waals surface area (Å²) < 4.78 is 0. The van der Waals surface area contributed by atoms with Gasteiger partial charge in [-0.2, -0.15) is 0 Å². The highest BCUT2D eigenvalue weighted by Gasteiger charge is 2.16. The zero-order chi connectivity index (χ0) is 10.8. The van der Waals surface area contributed by atoms with Crippen molar-refractivity contribution in [1.29, 1.82) is 0 Å². The number of nitrogens with zero attached hydrogens (tertiary/aromatic N) is 2. The van der Waals surface area contributed by atoms with Gasteiger partial charge in [-0.05, 0) is 24.6 Å². The number of nitrogens with one attached hydrogen (secondary N) is 1. The van der Waals surface area contributed by atoms with Crippen LogP contribution in [0.25, 0.3) is 0 Å². The van der Waals surface area contributed by atoms with E-state index in [1.807, 2.05) is 14.1 Å². The van der Waals surface area contributed by atoms with E-state index in [-0.39, 0.29) is 0 Å². The SMILES string of the molecule is CC1CNCCc2ccc(N(C)C)nc21. The number of anilines is 1. The summed E-state index contributed by atoms with van der Waals surface area (Å²) in [5.41, 5.74) is 2.67. The average molecular weight is 205 g/mol. The second-order valence-electron chi connectivity index (χ2n) is 4.46. The molecular weight excluding hydrogens is 186 g/mol. The highest BCUT2D eigenvalue weighted by atomic mass is 15.1. The van der Waals surface area contributed by atoms with Crippen LogP contribution in [0.3, 0.4) is 0 Å².